The van der Waals surface area contributed by atoms with Crippen molar-refractivity contribution < 1.29 is 24.3 Å². The van der Waals surface area contributed by atoms with Gasteiger partial charge in [-0.05, 0) is 6.92 Å². The molecule has 0 saturated heterocycles. The summed E-state index contributed by atoms with van der Waals surface area (Å²) in [7, 11) is 1.37. The maximum Gasteiger partial charge on any atom is 0.327 e. The molecule has 0 aromatic heterocycles. The quantitative estimate of drug-likeness (QED) is 0.432. The molecule has 4 N–H and O–H groups in total. The van der Waals surface area contributed by atoms with Gasteiger partial charge >= 0.3 is 12.0 Å². The number of carbonyl (C=O) groups excluding carboxylic acids is 3. The first-order valence-corrected chi connectivity index (χ1v) is 6.04. The highest BCUT2D eigenvalue weighted by atomic mass is 32.2. The summed E-state index contributed by atoms with van der Waals surface area (Å²) in [5, 5.41) is 14.5. The lowest BCUT2D eigenvalue weighted by Gasteiger charge is -2.14. The third-order valence-corrected chi connectivity index (χ3v) is 3.15. The third kappa shape index (κ3) is 6.09. The lowest BCUT2D eigenvalue weighted by Crippen LogP contribution is -2.42. The Hall–Kier alpha value is -1.77. The van der Waals surface area contributed by atoms with E-state index in [4.69, 9.17) is 5.11 Å². The zero-order valence-corrected chi connectivity index (χ0v) is 10.7. The molecule has 0 rings (SSSR count). The van der Waals surface area contributed by atoms with Gasteiger partial charge in [-0.3, -0.25) is 14.9 Å². The van der Waals surface area contributed by atoms with E-state index in [1.165, 1.54) is 14.0 Å². The Morgan fingerprint density at radius 3 is 2.44 bits per heavy atom. The molecular formula is C9H15N3O5S. The van der Waals surface area contributed by atoms with Crippen molar-refractivity contribution in [1.82, 2.24) is 16.0 Å². The number of hydrogen-bond acceptors (Lipinski definition) is 5. The predicted octanol–water partition coefficient (Wildman–Crippen LogP) is -1.24. The predicted molar refractivity (Wildman–Crippen MR) is 65.1 cm³/mol. The van der Waals surface area contributed by atoms with Gasteiger partial charge in [-0.15, -0.1) is 11.8 Å². The molecule has 0 aliphatic heterocycles. The van der Waals surface area contributed by atoms with E-state index in [1.54, 1.807) is 0 Å². The number of carboxylic acids is 1. The lowest BCUT2D eigenvalue weighted by atomic mass is 10.3. The minimum Gasteiger partial charge on any atom is -0.480 e. The van der Waals surface area contributed by atoms with Crippen LogP contribution in [-0.4, -0.2) is 53.5 Å². The van der Waals surface area contributed by atoms with Crippen molar-refractivity contribution in [2.45, 2.75) is 18.2 Å². The van der Waals surface area contributed by atoms with Gasteiger partial charge in [0.25, 0.3) is 0 Å². The van der Waals surface area contributed by atoms with Gasteiger partial charge in [0.1, 0.15) is 6.04 Å². The fourth-order valence-corrected chi connectivity index (χ4v) is 1.80. The van der Waals surface area contributed by atoms with Crippen LogP contribution in [0.2, 0.25) is 0 Å². The summed E-state index contributed by atoms with van der Waals surface area (Å²) in [6.45, 7) is 1.53. The third-order valence-electron chi connectivity index (χ3n) is 1.91. The van der Waals surface area contributed by atoms with Crippen LogP contribution in [-0.2, 0) is 14.4 Å². The van der Waals surface area contributed by atoms with E-state index in [-0.39, 0.29) is 12.2 Å². The molecule has 0 fully saturated rings. The van der Waals surface area contributed by atoms with Crippen molar-refractivity contribution >= 4 is 36.1 Å². The minimum absolute atomic E-state index is 0.0242. The second kappa shape index (κ2) is 8.34. The smallest absolute Gasteiger partial charge is 0.327 e. The van der Waals surface area contributed by atoms with Gasteiger partial charge in [-0.2, -0.15) is 0 Å². The van der Waals surface area contributed by atoms with Gasteiger partial charge in [0, 0.05) is 12.8 Å². The molecule has 0 heterocycles. The molecule has 0 aliphatic rings. The monoisotopic (exact) mass is 277 g/mol. The topological polar surface area (TPSA) is 125 Å². The Balaban J connectivity index is 4.18. The van der Waals surface area contributed by atoms with Crippen LogP contribution in [0.15, 0.2) is 0 Å². The number of aliphatic carboxylic acids is 1. The molecule has 0 spiro atoms. The number of nitrogens with one attached hydrogen (secondary N) is 3. The van der Waals surface area contributed by atoms with E-state index in [0.29, 0.717) is 0 Å². The average molecular weight is 277 g/mol. The van der Waals surface area contributed by atoms with Crippen LogP contribution in [0.25, 0.3) is 0 Å². The van der Waals surface area contributed by atoms with E-state index in [2.05, 4.69) is 16.0 Å². The number of carbonyl (C=O) groups is 4. The second-order valence-electron chi connectivity index (χ2n) is 3.22. The molecule has 9 heteroatoms. The summed E-state index contributed by atoms with van der Waals surface area (Å²) in [5.74, 6) is -1.70. The number of urea groups is 1. The summed E-state index contributed by atoms with van der Waals surface area (Å²) in [6, 6.07) is -1.70. The van der Waals surface area contributed by atoms with Crippen molar-refractivity contribution in [3.05, 3.63) is 0 Å². The van der Waals surface area contributed by atoms with Gasteiger partial charge in [0.05, 0.1) is 5.25 Å². The number of rotatable bonds is 7. The van der Waals surface area contributed by atoms with Crippen molar-refractivity contribution in [2.24, 2.45) is 0 Å². The highest BCUT2D eigenvalue weighted by Crippen LogP contribution is 2.12. The molecule has 102 valence electrons. The molecule has 8 nitrogen and oxygen atoms in total. The fourth-order valence-electron chi connectivity index (χ4n) is 0.865. The van der Waals surface area contributed by atoms with Crippen molar-refractivity contribution in [2.75, 3.05) is 12.8 Å². The number of hydrogen-bond donors (Lipinski definition) is 4. The normalized spacial score (nSPS) is 13.0. The first kappa shape index (κ1) is 16.2. The SMILES string of the molecule is CNC(=O)NC(=O)C(C)SCC(NC=O)C(=O)O. The van der Waals surface area contributed by atoms with Crippen LogP contribution in [0.4, 0.5) is 4.79 Å². The molecule has 0 aromatic carbocycles. The first-order valence-electron chi connectivity index (χ1n) is 4.99. The summed E-state index contributed by atoms with van der Waals surface area (Å²) in [6.07, 6.45) is 0.286. The molecular weight excluding hydrogens is 262 g/mol. The molecule has 2 atom stereocenters. The van der Waals surface area contributed by atoms with Gasteiger partial charge < -0.3 is 15.7 Å². The number of carboxylic acid groups (broad SMARTS) is 1. The summed E-state index contributed by atoms with van der Waals surface area (Å²) < 4.78 is 0. The van der Waals surface area contributed by atoms with Crippen molar-refractivity contribution in [3.63, 3.8) is 0 Å². The van der Waals surface area contributed by atoms with Crippen LogP contribution in [0.5, 0.6) is 0 Å². The largest absolute Gasteiger partial charge is 0.480 e. The van der Waals surface area contributed by atoms with Crippen molar-refractivity contribution in [1.29, 1.82) is 0 Å². The Kier molecular flexibility index (Phi) is 7.52. The molecule has 4 amide bonds. The number of amides is 4. The maximum absolute atomic E-state index is 11.4. The zero-order chi connectivity index (χ0) is 14.1. The maximum atomic E-state index is 11.4. The van der Waals surface area contributed by atoms with Crippen LogP contribution in [0.3, 0.4) is 0 Å². The molecule has 18 heavy (non-hydrogen) atoms. The number of imide groups is 1. The first-order chi connectivity index (χ1) is 8.42. The van der Waals surface area contributed by atoms with Crippen LogP contribution >= 0.6 is 11.8 Å². The Bertz CT molecular complexity index is 336. The highest BCUT2D eigenvalue weighted by molar-refractivity contribution is 8.00. The average Bonchev–Trinajstić information content (AvgIpc) is 2.33. The molecule has 0 aromatic rings. The fraction of sp³-hybridized carbons (Fsp3) is 0.556. The van der Waals surface area contributed by atoms with E-state index >= 15 is 0 Å². The molecule has 0 bridgehead atoms. The van der Waals surface area contributed by atoms with Gasteiger partial charge in [0.15, 0.2) is 0 Å². The van der Waals surface area contributed by atoms with Gasteiger partial charge in [-0.25, -0.2) is 9.59 Å². The van der Waals surface area contributed by atoms with E-state index in [1.807, 2.05) is 0 Å². The second-order valence-corrected chi connectivity index (χ2v) is 4.59. The Morgan fingerprint density at radius 1 is 1.39 bits per heavy atom. The lowest BCUT2D eigenvalue weighted by molar-refractivity contribution is -0.139. The Labute approximate surface area is 108 Å². The van der Waals surface area contributed by atoms with Gasteiger partial charge in [-0.1, -0.05) is 0 Å². The highest BCUT2D eigenvalue weighted by Gasteiger charge is 2.21. The molecule has 2 unspecified atom stereocenters. The number of thioether (sulfide) groups is 1. The molecule has 0 saturated carbocycles. The van der Waals surface area contributed by atoms with E-state index in [9.17, 15) is 19.2 Å². The van der Waals surface area contributed by atoms with Crippen LogP contribution in [0.1, 0.15) is 6.92 Å². The summed E-state index contributed by atoms with van der Waals surface area (Å²) in [4.78, 5) is 43.2. The summed E-state index contributed by atoms with van der Waals surface area (Å²) >= 11 is 1.02. The zero-order valence-electron chi connectivity index (χ0n) is 9.93. The Morgan fingerprint density at radius 2 is 2.00 bits per heavy atom. The van der Waals surface area contributed by atoms with E-state index < -0.39 is 29.2 Å². The van der Waals surface area contributed by atoms with E-state index in [0.717, 1.165) is 11.8 Å². The minimum atomic E-state index is -1.19. The van der Waals surface area contributed by atoms with Crippen LogP contribution < -0.4 is 16.0 Å². The van der Waals surface area contributed by atoms with Gasteiger partial charge in [0.2, 0.25) is 12.3 Å². The summed E-state index contributed by atoms with van der Waals surface area (Å²) in [5.41, 5.74) is 0. The van der Waals surface area contributed by atoms with Crippen LogP contribution in [0, 0.1) is 0 Å². The van der Waals surface area contributed by atoms with Crippen molar-refractivity contribution in [3.8, 4) is 0 Å². The molecule has 0 radical (unpaired) electrons. The molecule has 0 aliphatic carbocycles. The standard InChI is InChI=1S/C9H15N3O5S/c1-5(7(14)12-9(17)10-2)18-3-6(8(15)16)11-4-13/h4-6H,3H2,1-2H3,(H,11,13)(H,15,16)(H2,10,12,14,17).